The molecule has 1 rings (SSSR count). The molecule has 1 atom stereocenters. The third-order valence-electron chi connectivity index (χ3n) is 3.07. The molecule has 0 spiro atoms. The maximum Gasteiger partial charge on any atom is 0.321 e. The van der Waals surface area contributed by atoms with Crippen molar-refractivity contribution in [3.63, 3.8) is 0 Å². The Bertz CT molecular complexity index is 264. The van der Waals surface area contributed by atoms with Gasteiger partial charge in [0, 0.05) is 32.6 Å². The number of likely N-dealkylation sites (N-methyl/N-ethyl adjacent to an activating group) is 1. The first-order valence-electron chi connectivity index (χ1n) is 6.06. The van der Waals surface area contributed by atoms with Crippen molar-refractivity contribution in [1.29, 1.82) is 0 Å². The van der Waals surface area contributed by atoms with Gasteiger partial charge in [-0.25, -0.2) is 4.79 Å². The summed E-state index contributed by atoms with van der Waals surface area (Å²) in [6.07, 6.45) is 2.69. The van der Waals surface area contributed by atoms with Crippen LogP contribution in [0.25, 0.3) is 0 Å². The summed E-state index contributed by atoms with van der Waals surface area (Å²) in [6, 6.07) is 0.0496. The van der Waals surface area contributed by atoms with Gasteiger partial charge in [0.15, 0.2) is 0 Å². The molecule has 3 N–H and O–H groups in total. The molecule has 1 unspecified atom stereocenters. The number of amides is 3. The van der Waals surface area contributed by atoms with Crippen LogP contribution in [0.3, 0.4) is 0 Å². The van der Waals surface area contributed by atoms with Crippen molar-refractivity contribution < 1.29 is 9.59 Å². The largest absolute Gasteiger partial charge is 0.341 e. The predicted octanol–water partition coefficient (Wildman–Crippen LogP) is -0.484. The molecule has 1 saturated heterocycles. The van der Waals surface area contributed by atoms with Gasteiger partial charge >= 0.3 is 6.03 Å². The zero-order chi connectivity index (χ0) is 12.7. The zero-order valence-corrected chi connectivity index (χ0v) is 10.6. The Morgan fingerprint density at radius 3 is 2.82 bits per heavy atom. The maximum absolute atomic E-state index is 11.4. The third-order valence-corrected chi connectivity index (χ3v) is 3.07. The third kappa shape index (κ3) is 5.14. The lowest BCUT2D eigenvalue weighted by atomic mass is 10.1. The molecule has 1 aliphatic heterocycles. The van der Waals surface area contributed by atoms with E-state index in [0.717, 1.165) is 13.1 Å². The van der Waals surface area contributed by atoms with Crippen LogP contribution in [0.1, 0.15) is 19.3 Å². The Balaban J connectivity index is 2.20. The fraction of sp³-hybridized carbons (Fsp3) is 0.818. The topological polar surface area (TPSA) is 73.5 Å². The number of rotatable bonds is 4. The highest BCUT2D eigenvalue weighted by Crippen LogP contribution is 2.08. The van der Waals surface area contributed by atoms with Crippen molar-refractivity contribution >= 4 is 11.9 Å². The monoisotopic (exact) mass is 242 g/mol. The van der Waals surface area contributed by atoms with Gasteiger partial charge in [-0.15, -0.1) is 0 Å². The Morgan fingerprint density at radius 2 is 2.24 bits per heavy atom. The van der Waals surface area contributed by atoms with E-state index in [1.54, 1.807) is 0 Å². The lowest BCUT2D eigenvalue weighted by Gasteiger charge is -2.31. The maximum atomic E-state index is 11.4. The summed E-state index contributed by atoms with van der Waals surface area (Å²) >= 11 is 0. The van der Waals surface area contributed by atoms with Gasteiger partial charge in [0.2, 0.25) is 5.91 Å². The van der Waals surface area contributed by atoms with Crippen LogP contribution >= 0.6 is 0 Å². The van der Waals surface area contributed by atoms with Crippen molar-refractivity contribution in [3.8, 4) is 0 Å². The van der Waals surface area contributed by atoms with Crippen LogP contribution < -0.4 is 16.0 Å². The second-order valence-electron chi connectivity index (χ2n) is 4.36. The molecule has 0 aliphatic carbocycles. The highest BCUT2D eigenvalue weighted by Gasteiger charge is 2.18. The van der Waals surface area contributed by atoms with E-state index in [0.29, 0.717) is 19.0 Å². The lowest BCUT2D eigenvalue weighted by molar-refractivity contribution is -0.120. The minimum atomic E-state index is -0.447. The van der Waals surface area contributed by atoms with Crippen LogP contribution in [0.15, 0.2) is 0 Å². The molecule has 98 valence electrons. The number of hydrogen-bond donors (Lipinski definition) is 3. The summed E-state index contributed by atoms with van der Waals surface area (Å²) in [4.78, 5) is 24.5. The van der Waals surface area contributed by atoms with Crippen molar-refractivity contribution in [3.05, 3.63) is 0 Å². The Kier molecular flexibility index (Phi) is 5.93. The first kappa shape index (κ1) is 13.9. The second kappa shape index (κ2) is 7.24. The average Bonchev–Trinajstić information content (AvgIpc) is 2.36. The van der Waals surface area contributed by atoms with Gasteiger partial charge in [-0.1, -0.05) is 0 Å². The van der Waals surface area contributed by atoms with E-state index in [1.165, 1.54) is 19.9 Å². The van der Waals surface area contributed by atoms with E-state index in [-0.39, 0.29) is 5.91 Å². The number of carbonyl (C=O) groups excluding carboxylic acids is 2. The molecule has 1 fully saturated rings. The van der Waals surface area contributed by atoms with Gasteiger partial charge in [-0.3, -0.25) is 10.1 Å². The van der Waals surface area contributed by atoms with E-state index >= 15 is 0 Å². The van der Waals surface area contributed by atoms with Crippen molar-refractivity contribution in [2.75, 3.05) is 33.7 Å². The SMILES string of the molecule is CNC(=O)NC(=O)CCN(C)C1CCCNC1. The van der Waals surface area contributed by atoms with Gasteiger partial charge in [-0.2, -0.15) is 0 Å². The van der Waals surface area contributed by atoms with Crippen LogP contribution in [-0.2, 0) is 4.79 Å². The molecule has 17 heavy (non-hydrogen) atoms. The van der Waals surface area contributed by atoms with Crippen LogP contribution in [0.4, 0.5) is 4.79 Å². The van der Waals surface area contributed by atoms with Gasteiger partial charge in [0.25, 0.3) is 0 Å². The number of carbonyl (C=O) groups is 2. The summed E-state index contributed by atoms with van der Waals surface area (Å²) < 4.78 is 0. The van der Waals surface area contributed by atoms with Crippen LogP contribution in [-0.4, -0.2) is 56.6 Å². The molecular weight excluding hydrogens is 220 g/mol. The van der Waals surface area contributed by atoms with Crippen LogP contribution in [0.2, 0.25) is 0 Å². The summed E-state index contributed by atoms with van der Waals surface area (Å²) in [5.74, 6) is -0.236. The summed E-state index contributed by atoms with van der Waals surface area (Å²) in [6.45, 7) is 2.74. The first-order chi connectivity index (χ1) is 8.13. The standard InChI is InChI=1S/C11H22N4O2/c1-12-11(17)14-10(16)5-7-15(2)9-4-3-6-13-8-9/h9,13H,3-8H2,1-2H3,(H2,12,14,16,17). The summed E-state index contributed by atoms with van der Waals surface area (Å²) in [7, 11) is 3.51. The number of imide groups is 1. The van der Waals surface area contributed by atoms with Crippen LogP contribution in [0, 0.1) is 0 Å². The number of nitrogens with one attached hydrogen (secondary N) is 3. The molecule has 0 aromatic rings. The van der Waals surface area contributed by atoms with Crippen molar-refractivity contribution in [2.24, 2.45) is 0 Å². The quantitative estimate of drug-likeness (QED) is 0.622. The molecule has 0 saturated carbocycles. The number of hydrogen-bond acceptors (Lipinski definition) is 4. The molecular formula is C11H22N4O2. The normalized spacial score (nSPS) is 20.1. The Morgan fingerprint density at radius 1 is 1.47 bits per heavy atom. The summed E-state index contributed by atoms with van der Waals surface area (Å²) in [5, 5.41) is 7.95. The Labute approximate surface area is 102 Å². The fourth-order valence-corrected chi connectivity index (χ4v) is 1.92. The van der Waals surface area contributed by atoms with Gasteiger partial charge < -0.3 is 15.5 Å². The van der Waals surface area contributed by atoms with Gasteiger partial charge in [0.05, 0.1) is 0 Å². The zero-order valence-electron chi connectivity index (χ0n) is 10.6. The Hall–Kier alpha value is -1.14. The highest BCUT2D eigenvalue weighted by molar-refractivity contribution is 5.94. The molecule has 6 heteroatoms. The van der Waals surface area contributed by atoms with Crippen molar-refractivity contribution in [2.45, 2.75) is 25.3 Å². The van der Waals surface area contributed by atoms with E-state index in [2.05, 4.69) is 20.9 Å². The van der Waals surface area contributed by atoms with Gasteiger partial charge in [0.1, 0.15) is 0 Å². The molecule has 1 heterocycles. The lowest BCUT2D eigenvalue weighted by Crippen LogP contribution is -2.45. The molecule has 0 radical (unpaired) electrons. The predicted molar refractivity (Wildman–Crippen MR) is 65.7 cm³/mol. The molecule has 0 aromatic carbocycles. The highest BCUT2D eigenvalue weighted by atomic mass is 16.2. The molecule has 3 amide bonds. The molecule has 1 aliphatic rings. The van der Waals surface area contributed by atoms with E-state index in [9.17, 15) is 9.59 Å². The first-order valence-corrected chi connectivity index (χ1v) is 6.06. The molecule has 0 aromatic heterocycles. The van der Waals surface area contributed by atoms with E-state index < -0.39 is 6.03 Å². The second-order valence-corrected chi connectivity index (χ2v) is 4.36. The van der Waals surface area contributed by atoms with E-state index in [4.69, 9.17) is 0 Å². The average molecular weight is 242 g/mol. The smallest absolute Gasteiger partial charge is 0.321 e. The van der Waals surface area contributed by atoms with E-state index in [1.807, 2.05) is 7.05 Å². The minimum Gasteiger partial charge on any atom is -0.341 e. The van der Waals surface area contributed by atoms with Gasteiger partial charge in [-0.05, 0) is 26.4 Å². The molecule has 0 bridgehead atoms. The summed E-state index contributed by atoms with van der Waals surface area (Å²) in [5.41, 5.74) is 0. The molecule has 6 nitrogen and oxygen atoms in total. The number of nitrogens with zero attached hydrogens (tertiary/aromatic N) is 1. The minimum absolute atomic E-state index is 0.236. The van der Waals surface area contributed by atoms with Crippen molar-refractivity contribution in [1.82, 2.24) is 20.9 Å². The fourth-order valence-electron chi connectivity index (χ4n) is 1.92. The number of piperidine rings is 1. The van der Waals surface area contributed by atoms with Crippen LogP contribution in [0.5, 0.6) is 0 Å². The number of urea groups is 1.